The van der Waals surface area contributed by atoms with Gasteiger partial charge in [-0.2, -0.15) is 0 Å². The SMILES string of the molecule is COCc1nc(C(=O)N2CC[C@H](C)C[C@H]2c2ccco2)cs1. The van der Waals surface area contributed by atoms with Crippen molar-refractivity contribution in [1.82, 2.24) is 9.88 Å². The van der Waals surface area contributed by atoms with E-state index in [1.165, 1.54) is 11.3 Å². The van der Waals surface area contributed by atoms with Crippen LogP contribution in [0.5, 0.6) is 0 Å². The molecule has 0 N–H and O–H groups in total. The molecule has 3 rings (SSSR count). The van der Waals surface area contributed by atoms with Crippen LogP contribution in [-0.2, 0) is 11.3 Å². The summed E-state index contributed by atoms with van der Waals surface area (Å²) in [5.74, 6) is 1.41. The highest BCUT2D eigenvalue weighted by Crippen LogP contribution is 2.35. The standard InChI is InChI=1S/C16H20N2O3S/c1-11-5-6-18(13(8-11)14-4-3-7-21-14)16(19)12-10-22-15(17-12)9-20-2/h3-4,7,10-11,13H,5-6,8-9H2,1-2H3/t11-,13-/m0/s1. The Labute approximate surface area is 133 Å². The molecule has 0 bridgehead atoms. The van der Waals surface area contributed by atoms with Crippen LogP contribution in [0.1, 0.15) is 47.1 Å². The maximum Gasteiger partial charge on any atom is 0.273 e. The van der Waals surface area contributed by atoms with Gasteiger partial charge in [0.2, 0.25) is 0 Å². The lowest BCUT2D eigenvalue weighted by molar-refractivity contribution is 0.0515. The number of carbonyl (C=O) groups excluding carboxylic acids is 1. The lowest BCUT2D eigenvalue weighted by Crippen LogP contribution is -2.40. The maximum atomic E-state index is 12.8. The van der Waals surface area contributed by atoms with Crippen molar-refractivity contribution >= 4 is 17.2 Å². The minimum Gasteiger partial charge on any atom is -0.467 e. The number of amides is 1. The van der Waals surface area contributed by atoms with Gasteiger partial charge in [0, 0.05) is 19.0 Å². The van der Waals surface area contributed by atoms with Gasteiger partial charge in [0.05, 0.1) is 18.9 Å². The number of aromatic nitrogens is 1. The molecule has 1 aliphatic rings. The molecule has 0 aliphatic carbocycles. The normalized spacial score (nSPS) is 22.0. The maximum absolute atomic E-state index is 12.8. The monoisotopic (exact) mass is 320 g/mol. The van der Waals surface area contributed by atoms with Crippen LogP contribution in [0.4, 0.5) is 0 Å². The van der Waals surface area contributed by atoms with E-state index < -0.39 is 0 Å². The molecule has 1 aliphatic heterocycles. The van der Waals surface area contributed by atoms with Crippen molar-refractivity contribution in [1.29, 1.82) is 0 Å². The van der Waals surface area contributed by atoms with Gasteiger partial charge in [-0.1, -0.05) is 6.92 Å². The van der Waals surface area contributed by atoms with Gasteiger partial charge in [0.15, 0.2) is 0 Å². The number of carbonyl (C=O) groups is 1. The average Bonchev–Trinajstić information content (AvgIpc) is 3.18. The first-order chi connectivity index (χ1) is 10.7. The Morgan fingerprint density at radius 1 is 1.59 bits per heavy atom. The molecular weight excluding hydrogens is 300 g/mol. The predicted octanol–water partition coefficient (Wildman–Crippen LogP) is 3.50. The van der Waals surface area contributed by atoms with Crippen molar-refractivity contribution in [3.05, 3.63) is 40.2 Å². The van der Waals surface area contributed by atoms with Crippen LogP contribution in [-0.4, -0.2) is 29.4 Å². The Morgan fingerprint density at radius 2 is 2.45 bits per heavy atom. The summed E-state index contributed by atoms with van der Waals surface area (Å²) in [6.07, 6.45) is 3.60. The molecule has 1 fully saturated rings. The molecule has 0 aromatic carbocycles. The minimum absolute atomic E-state index is 0.00109. The van der Waals surface area contributed by atoms with Crippen molar-refractivity contribution in [3.8, 4) is 0 Å². The van der Waals surface area contributed by atoms with Crippen molar-refractivity contribution in [2.45, 2.75) is 32.4 Å². The molecule has 2 aromatic rings. The van der Waals surface area contributed by atoms with Gasteiger partial charge < -0.3 is 14.1 Å². The smallest absolute Gasteiger partial charge is 0.273 e. The highest BCUT2D eigenvalue weighted by Gasteiger charge is 2.34. The molecule has 0 unspecified atom stereocenters. The second-order valence-corrected chi connectivity index (χ2v) is 6.66. The van der Waals surface area contributed by atoms with E-state index in [2.05, 4.69) is 11.9 Å². The van der Waals surface area contributed by atoms with Gasteiger partial charge in [-0.25, -0.2) is 4.98 Å². The number of piperidine rings is 1. The summed E-state index contributed by atoms with van der Waals surface area (Å²) in [6.45, 7) is 3.40. The molecule has 5 nitrogen and oxygen atoms in total. The van der Waals surface area contributed by atoms with Gasteiger partial charge in [-0.3, -0.25) is 4.79 Å². The second kappa shape index (κ2) is 6.62. The number of rotatable bonds is 4. The fourth-order valence-corrected chi connectivity index (χ4v) is 3.62. The zero-order chi connectivity index (χ0) is 15.5. The number of thiazole rings is 1. The summed E-state index contributed by atoms with van der Waals surface area (Å²) in [7, 11) is 1.63. The number of hydrogen-bond donors (Lipinski definition) is 0. The van der Waals surface area contributed by atoms with Gasteiger partial charge >= 0.3 is 0 Å². The van der Waals surface area contributed by atoms with Crippen LogP contribution >= 0.6 is 11.3 Å². The van der Waals surface area contributed by atoms with Crippen LogP contribution in [0, 0.1) is 5.92 Å². The van der Waals surface area contributed by atoms with Crippen LogP contribution in [0.25, 0.3) is 0 Å². The Kier molecular flexibility index (Phi) is 4.59. The van der Waals surface area contributed by atoms with Crippen molar-refractivity contribution < 1.29 is 13.9 Å². The Bertz CT molecular complexity index is 623. The highest BCUT2D eigenvalue weighted by molar-refractivity contribution is 7.09. The Hall–Kier alpha value is -1.66. The van der Waals surface area contributed by atoms with Gasteiger partial charge in [0.1, 0.15) is 16.5 Å². The van der Waals surface area contributed by atoms with Crippen LogP contribution in [0.15, 0.2) is 28.2 Å². The third kappa shape index (κ3) is 3.08. The summed E-state index contributed by atoms with van der Waals surface area (Å²) < 4.78 is 10.6. The van der Waals surface area contributed by atoms with Crippen LogP contribution in [0.3, 0.4) is 0 Å². The molecule has 0 saturated carbocycles. The van der Waals surface area contributed by atoms with E-state index in [1.54, 1.807) is 13.4 Å². The number of furan rings is 1. The number of nitrogens with zero attached hydrogens (tertiary/aromatic N) is 2. The van der Waals surface area contributed by atoms with E-state index in [0.29, 0.717) is 18.2 Å². The largest absolute Gasteiger partial charge is 0.467 e. The number of ether oxygens (including phenoxy) is 1. The molecule has 1 saturated heterocycles. The average molecular weight is 320 g/mol. The van der Waals surface area contributed by atoms with E-state index >= 15 is 0 Å². The summed E-state index contributed by atoms with van der Waals surface area (Å²) in [4.78, 5) is 19.1. The molecule has 0 spiro atoms. The first-order valence-corrected chi connectivity index (χ1v) is 8.34. The molecule has 2 atom stereocenters. The van der Waals surface area contributed by atoms with Crippen molar-refractivity contribution in [2.75, 3.05) is 13.7 Å². The molecule has 6 heteroatoms. The number of hydrogen-bond acceptors (Lipinski definition) is 5. The third-order valence-corrected chi connectivity index (χ3v) is 4.86. The minimum atomic E-state index is -0.0214. The topological polar surface area (TPSA) is 55.6 Å². The van der Waals surface area contributed by atoms with Crippen molar-refractivity contribution in [2.24, 2.45) is 5.92 Å². The first-order valence-electron chi connectivity index (χ1n) is 7.46. The molecule has 22 heavy (non-hydrogen) atoms. The van der Waals surface area contributed by atoms with Gasteiger partial charge in [-0.15, -0.1) is 11.3 Å². The lowest BCUT2D eigenvalue weighted by atomic mass is 9.91. The van der Waals surface area contributed by atoms with Crippen molar-refractivity contribution in [3.63, 3.8) is 0 Å². The Balaban J connectivity index is 1.82. The summed E-state index contributed by atoms with van der Waals surface area (Å²) in [6, 6.07) is 3.82. The van der Waals surface area contributed by atoms with Gasteiger partial charge in [0.25, 0.3) is 5.91 Å². The van der Waals surface area contributed by atoms with E-state index in [1.807, 2.05) is 22.4 Å². The van der Waals surface area contributed by atoms with E-state index in [9.17, 15) is 4.79 Å². The van der Waals surface area contributed by atoms with Crippen LogP contribution in [0.2, 0.25) is 0 Å². The molecule has 1 amide bonds. The zero-order valence-corrected chi connectivity index (χ0v) is 13.6. The van der Waals surface area contributed by atoms with E-state index in [-0.39, 0.29) is 11.9 Å². The highest BCUT2D eigenvalue weighted by atomic mass is 32.1. The summed E-state index contributed by atoms with van der Waals surface area (Å²) in [5.41, 5.74) is 0.503. The fourth-order valence-electron chi connectivity index (χ4n) is 2.88. The predicted molar refractivity (Wildman–Crippen MR) is 83.7 cm³/mol. The number of methoxy groups -OCH3 is 1. The van der Waals surface area contributed by atoms with E-state index in [4.69, 9.17) is 9.15 Å². The lowest BCUT2D eigenvalue weighted by Gasteiger charge is -2.37. The molecular formula is C16H20N2O3S. The molecule has 118 valence electrons. The number of likely N-dealkylation sites (tertiary alicyclic amines) is 1. The van der Waals surface area contributed by atoms with Crippen LogP contribution < -0.4 is 0 Å². The third-order valence-electron chi connectivity index (χ3n) is 4.04. The first kappa shape index (κ1) is 15.2. The zero-order valence-electron chi connectivity index (χ0n) is 12.8. The second-order valence-electron chi connectivity index (χ2n) is 5.72. The quantitative estimate of drug-likeness (QED) is 0.865. The van der Waals surface area contributed by atoms with E-state index in [0.717, 1.165) is 30.2 Å². The van der Waals surface area contributed by atoms with Gasteiger partial charge in [-0.05, 0) is 30.9 Å². The molecule has 3 heterocycles. The summed E-state index contributed by atoms with van der Waals surface area (Å²) >= 11 is 1.46. The fraction of sp³-hybridized carbons (Fsp3) is 0.500. The molecule has 2 aromatic heterocycles. The summed E-state index contributed by atoms with van der Waals surface area (Å²) in [5, 5.41) is 2.64. The Morgan fingerprint density at radius 3 is 3.18 bits per heavy atom. The molecule has 0 radical (unpaired) electrons.